The molecule has 0 aromatic carbocycles. The molecule has 1 aliphatic rings. The summed E-state index contributed by atoms with van der Waals surface area (Å²) in [6.07, 6.45) is 8.75. The van der Waals surface area contributed by atoms with E-state index >= 15 is 0 Å². The molecule has 3 aromatic heterocycles. The first kappa shape index (κ1) is 18.4. The van der Waals surface area contributed by atoms with E-state index in [1.54, 1.807) is 24.5 Å². The number of anilines is 1. The Hall–Kier alpha value is -3.00. The zero-order valence-electron chi connectivity index (χ0n) is 15.2. The first-order chi connectivity index (χ1) is 13.7. The van der Waals surface area contributed by atoms with Crippen LogP contribution < -0.4 is 10.2 Å². The van der Waals surface area contributed by atoms with Crippen molar-refractivity contribution in [2.45, 2.75) is 37.8 Å². The van der Waals surface area contributed by atoms with Crippen molar-refractivity contribution in [3.63, 3.8) is 0 Å². The second kappa shape index (κ2) is 8.35. The average Bonchev–Trinajstić information content (AvgIpc) is 3.49. The van der Waals surface area contributed by atoms with Gasteiger partial charge in [0.1, 0.15) is 0 Å². The predicted molar refractivity (Wildman–Crippen MR) is 105 cm³/mol. The second-order valence-corrected chi connectivity index (χ2v) is 7.65. The van der Waals surface area contributed by atoms with Gasteiger partial charge in [-0.25, -0.2) is 0 Å². The Balaban J connectivity index is 1.74. The first-order valence-electron chi connectivity index (χ1n) is 9.22. The number of carbonyl (C=O) groups excluding carboxylic acids is 2. The van der Waals surface area contributed by atoms with Gasteiger partial charge in [-0.3, -0.25) is 19.5 Å². The number of hydrogen-bond donors (Lipinski definition) is 1. The third-order valence-electron chi connectivity index (χ3n) is 4.81. The van der Waals surface area contributed by atoms with E-state index in [1.165, 1.54) is 28.5 Å². The molecule has 0 bridgehead atoms. The van der Waals surface area contributed by atoms with Crippen LogP contribution in [0.25, 0.3) is 0 Å². The fourth-order valence-corrected chi connectivity index (χ4v) is 4.31. The molecule has 144 valence electrons. The lowest BCUT2D eigenvalue weighted by Crippen LogP contribution is -2.46. The van der Waals surface area contributed by atoms with Crippen molar-refractivity contribution in [2.75, 3.05) is 4.90 Å². The molecule has 1 N–H and O–H groups in total. The number of nitrogens with one attached hydrogen (secondary N) is 1. The number of aromatic nitrogens is 2. The summed E-state index contributed by atoms with van der Waals surface area (Å²) in [5.41, 5.74) is 0.517. The molecule has 0 spiro atoms. The molecule has 1 aliphatic carbocycles. The highest BCUT2D eigenvalue weighted by Gasteiger charge is 2.36. The number of hydrogen-bond acceptors (Lipinski definition) is 6. The van der Waals surface area contributed by atoms with Crippen LogP contribution in [0.4, 0.5) is 5.69 Å². The number of carbonyl (C=O) groups is 2. The van der Waals surface area contributed by atoms with Crippen LogP contribution in [-0.4, -0.2) is 28.0 Å². The van der Waals surface area contributed by atoms with Crippen LogP contribution in [0.5, 0.6) is 0 Å². The maximum absolute atomic E-state index is 13.3. The molecular weight excluding hydrogens is 376 g/mol. The van der Waals surface area contributed by atoms with Crippen LogP contribution in [0.1, 0.15) is 47.2 Å². The monoisotopic (exact) mass is 396 g/mol. The summed E-state index contributed by atoms with van der Waals surface area (Å²) in [6, 6.07) is 8.04. The molecule has 1 atom stereocenters. The van der Waals surface area contributed by atoms with E-state index in [-0.39, 0.29) is 17.7 Å². The summed E-state index contributed by atoms with van der Waals surface area (Å²) in [5, 5.41) is 8.65. The normalized spacial score (nSPS) is 15.3. The molecular formula is C20H20N4O3S. The highest BCUT2D eigenvalue weighted by atomic mass is 32.1. The third-order valence-corrected chi connectivity index (χ3v) is 5.74. The molecule has 3 aromatic rings. The molecule has 4 rings (SSSR count). The van der Waals surface area contributed by atoms with Crippen molar-refractivity contribution in [3.8, 4) is 0 Å². The van der Waals surface area contributed by atoms with Gasteiger partial charge in [0.15, 0.2) is 6.04 Å². The van der Waals surface area contributed by atoms with Crippen LogP contribution >= 0.6 is 11.3 Å². The molecule has 28 heavy (non-hydrogen) atoms. The third kappa shape index (κ3) is 3.82. The minimum Gasteiger partial charge on any atom is -0.351 e. The number of pyridine rings is 1. The summed E-state index contributed by atoms with van der Waals surface area (Å²) in [6.45, 7) is 0. The zero-order valence-corrected chi connectivity index (χ0v) is 16.0. The number of amides is 2. The summed E-state index contributed by atoms with van der Waals surface area (Å²) in [5.74, 6) is -0.574. The van der Waals surface area contributed by atoms with Crippen molar-refractivity contribution in [1.29, 1.82) is 0 Å². The minimum atomic E-state index is -0.817. The van der Waals surface area contributed by atoms with E-state index in [9.17, 15) is 9.59 Å². The Labute approximate surface area is 166 Å². The summed E-state index contributed by atoms with van der Waals surface area (Å²) < 4.78 is 5.09. The summed E-state index contributed by atoms with van der Waals surface area (Å²) in [7, 11) is 0. The number of nitrogens with zero attached hydrogens (tertiary/aromatic N) is 3. The lowest BCUT2D eigenvalue weighted by molar-refractivity contribution is -0.123. The molecule has 7 nitrogen and oxygen atoms in total. The van der Waals surface area contributed by atoms with E-state index in [0.29, 0.717) is 5.69 Å². The maximum atomic E-state index is 13.3. The van der Waals surface area contributed by atoms with Gasteiger partial charge < -0.3 is 9.84 Å². The molecule has 3 heterocycles. The van der Waals surface area contributed by atoms with Gasteiger partial charge in [-0.05, 0) is 36.4 Å². The van der Waals surface area contributed by atoms with E-state index in [0.717, 1.165) is 30.6 Å². The van der Waals surface area contributed by atoms with Crippen molar-refractivity contribution < 1.29 is 14.1 Å². The Morgan fingerprint density at radius 3 is 2.68 bits per heavy atom. The van der Waals surface area contributed by atoms with E-state index in [4.69, 9.17) is 4.52 Å². The van der Waals surface area contributed by atoms with E-state index < -0.39 is 11.9 Å². The Morgan fingerprint density at radius 2 is 2.04 bits per heavy atom. The molecule has 1 fully saturated rings. The van der Waals surface area contributed by atoms with Crippen LogP contribution in [-0.2, 0) is 4.79 Å². The topological polar surface area (TPSA) is 88.3 Å². The predicted octanol–water partition coefficient (Wildman–Crippen LogP) is 3.58. The fraction of sp³-hybridized carbons (Fsp3) is 0.300. The standard InChI is InChI=1S/C20H20N4O3S/c25-19(23-14-5-1-2-6-14)18(17-8-4-12-28-17)24(15-7-3-10-21-13-15)20(26)16-9-11-22-27-16/h3-4,7-14,18H,1-2,5-6H2,(H,23,25). The fourth-order valence-electron chi connectivity index (χ4n) is 3.50. The van der Waals surface area contributed by atoms with Crippen LogP contribution in [0, 0.1) is 0 Å². The van der Waals surface area contributed by atoms with Crippen molar-refractivity contribution in [3.05, 3.63) is 64.9 Å². The van der Waals surface area contributed by atoms with Crippen LogP contribution in [0.2, 0.25) is 0 Å². The maximum Gasteiger partial charge on any atom is 0.297 e. The van der Waals surface area contributed by atoms with E-state index in [1.807, 2.05) is 17.5 Å². The zero-order chi connectivity index (χ0) is 19.3. The quantitative estimate of drug-likeness (QED) is 0.688. The molecule has 0 saturated heterocycles. The first-order valence-corrected chi connectivity index (χ1v) is 10.1. The highest BCUT2D eigenvalue weighted by Crippen LogP contribution is 2.32. The average molecular weight is 396 g/mol. The highest BCUT2D eigenvalue weighted by molar-refractivity contribution is 7.10. The van der Waals surface area contributed by atoms with E-state index in [2.05, 4.69) is 15.5 Å². The van der Waals surface area contributed by atoms with Gasteiger partial charge in [0.25, 0.3) is 5.91 Å². The van der Waals surface area contributed by atoms with Gasteiger partial charge >= 0.3 is 0 Å². The molecule has 1 saturated carbocycles. The van der Waals surface area contributed by atoms with Gasteiger partial charge in [-0.1, -0.05) is 24.1 Å². The van der Waals surface area contributed by atoms with Gasteiger partial charge in [0.05, 0.1) is 18.1 Å². The summed E-state index contributed by atoms with van der Waals surface area (Å²) >= 11 is 1.43. The van der Waals surface area contributed by atoms with Crippen molar-refractivity contribution in [1.82, 2.24) is 15.5 Å². The Kier molecular flexibility index (Phi) is 5.48. The molecule has 0 aliphatic heterocycles. The van der Waals surface area contributed by atoms with Crippen molar-refractivity contribution in [2.24, 2.45) is 0 Å². The molecule has 0 radical (unpaired) electrons. The number of thiophene rings is 1. The smallest absolute Gasteiger partial charge is 0.297 e. The molecule has 2 amide bonds. The number of rotatable bonds is 6. The Morgan fingerprint density at radius 1 is 1.18 bits per heavy atom. The van der Waals surface area contributed by atoms with Gasteiger partial charge in [0, 0.05) is 23.2 Å². The van der Waals surface area contributed by atoms with Crippen LogP contribution in [0.3, 0.4) is 0 Å². The van der Waals surface area contributed by atoms with Crippen molar-refractivity contribution >= 4 is 28.8 Å². The second-order valence-electron chi connectivity index (χ2n) is 6.67. The molecule has 8 heteroatoms. The minimum absolute atomic E-state index is 0.0686. The van der Waals surface area contributed by atoms with Gasteiger partial charge in [-0.15, -0.1) is 11.3 Å². The largest absolute Gasteiger partial charge is 0.351 e. The van der Waals surface area contributed by atoms with Gasteiger partial charge in [0.2, 0.25) is 11.7 Å². The lowest BCUT2D eigenvalue weighted by atomic mass is 10.1. The molecule has 1 unspecified atom stereocenters. The Bertz CT molecular complexity index is 906. The SMILES string of the molecule is O=C(NC1CCCC1)C(c1cccs1)N(C(=O)c1ccno1)c1cccnc1. The van der Waals surface area contributed by atoms with Gasteiger partial charge in [-0.2, -0.15) is 0 Å². The summed E-state index contributed by atoms with van der Waals surface area (Å²) in [4.78, 5) is 32.9. The lowest BCUT2D eigenvalue weighted by Gasteiger charge is -2.30. The van der Waals surface area contributed by atoms with Crippen LogP contribution in [0.15, 0.2) is 58.8 Å².